The van der Waals surface area contributed by atoms with Gasteiger partial charge in [-0.25, -0.2) is 14.8 Å². The Kier molecular flexibility index (Phi) is 5.48. The second kappa shape index (κ2) is 8.46. The van der Waals surface area contributed by atoms with E-state index in [-0.39, 0.29) is 29.7 Å². The third-order valence-electron chi connectivity index (χ3n) is 6.90. The van der Waals surface area contributed by atoms with Gasteiger partial charge < -0.3 is 9.72 Å². The van der Waals surface area contributed by atoms with Crippen LogP contribution in [0, 0.1) is 0 Å². The Morgan fingerprint density at radius 1 is 1.00 bits per heavy atom. The molecule has 7 nitrogen and oxygen atoms in total. The fourth-order valence-electron chi connectivity index (χ4n) is 5.38. The van der Waals surface area contributed by atoms with Crippen LogP contribution < -0.4 is 5.56 Å². The molecule has 1 saturated carbocycles. The largest absolute Gasteiger partial charge is 0.441 e. The highest BCUT2D eigenvalue weighted by Gasteiger charge is 2.51. The molecule has 0 spiro atoms. The number of nitrogens with one attached hydrogen (secondary N) is 1. The third-order valence-corrected chi connectivity index (χ3v) is 6.90. The third kappa shape index (κ3) is 4.03. The van der Waals surface area contributed by atoms with E-state index in [1.54, 1.807) is 24.7 Å². The lowest BCUT2D eigenvalue weighted by molar-refractivity contribution is 0.0664. The second-order valence-electron chi connectivity index (χ2n) is 9.44. The zero-order valence-corrected chi connectivity index (χ0v) is 18.9. The number of ether oxygens (including phenoxy) is 1. The van der Waals surface area contributed by atoms with Crippen LogP contribution in [0.3, 0.4) is 0 Å². The van der Waals surface area contributed by atoms with Crippen LogP contribution in [0.2, 0.25) is 0 Å². The number of pyridine rings is 1. The molecule has 5 rings (SSSR count). The SMILES string of the molecule is CC1(C)OC(=O)N([C@H]2CC[C@@H](c3cc(-c4ncccn4)c[nH]c3=O)CC2)[C@H]1c1ccccc1. The van der Waals surface area contributed by atoms with Crippen LogP contribution in [-0.4, -0.2) is 37.6 Å². The van der Waals surface area contributed by atoms with Gasteiger partial charge in [0.25, 0.3) is 5.56 Å². The minimum absolute atomic E-state index is 0.0676. The summed E-state index contributed by atoms with van der Waals surface area (Å²) in [5.74, 6) is 0.729. The van der Waals surface area contributed by atoms with Gasteiger partial charge >= 0.3 is 6.09 Å². The van der Waals surface area contributed by atoms with Crippen LogP contribution in [0.25, 0.3) is 11.4 Å². The maximum Gasteiger partial charge on any atom is 0.411 e. The molecule has 2 aromatic heterocycles. The summed E-state index contributed by atoms with van der Waals surface area (Å²) in [6, 6.07) is 13.7. The molecule has 1 aromatic carbocycles. The zero-order chi connectivity index (χ0) is 23.0. The molecule has 7 heteroatoms. The van der Waals surface area contributed by atoms with E-state index in [0.29, 0.717) is 5.82 Å². The molecule has 3 heterocycles. The van der Waals surface area contributed by atoms with E-state index in [9.17, 15) is 9.59 Å². The highest BCUT2D eigenvalue weighted by molar-refractivity contribution is 5.72. The first-order valence-electron chi connectivity index (χ1n) is 11.5. The first kappa shape index (κ1) is 21.4. The Hall–Kier alpha value is -3.48. The van der Waals surface area contributed by atoms with Crippen molar-refractivity contribution in [3.05, 3.63) is 82.5 Å². The number of cyclic esters (lactones) is 1. The highest BCUT2D eigenvalue weighted by Crippen LogP contribution is 2.45. The average molecular weight is 445 g/mol. The van der Waals surface area contributed by atoms with Crippen LogP contribution in [0.4, 0.5) is 4.79 Å². The number of rotatable bonds is 4. The summed E-state index contributed by atoms with van der Waals surface area (Å²) in [4.78, 5) is 38.9. The van der Waals surface area contributed by atoms with E-state index >= 15 is 0 Å². The number of aromatic amines is 1. The van der Waals surface area contributed by atoms with Gasteiger partial charge in [0, 0.05) is 35.8 Å². The maximum atomic E-state index is 12.9. The standard InChI is InChI=1S/C26H28N4O3/c1-26(2)22(18-7-4-3-5-8-18)30(25(32)33-26)20-11-9-17(10-12-20)21-15-19(16-29-24(21)31)23-27-13-6-14-28-23/h3-8,13-17,20,22H,9-12H2,1-2H3,(H,29,31)/t17-,20+,22-/m0/s1. The quantitative estimate of drug-likeness (QED) is 0.623. The summed E-state index contributed by atoms with van der Waals surface area (Å²) in [5, 5.41) is 0. The molecule has 3 aromatic rings. The van der Waals surface area contributed by atoms with E-state index in [2.05, 4.69) is 27.1 Å². The van der Waals surface area contributed by atoms with E-state index in [0.717, 1.165) is 42.4 Å². The number of nitrogens with zero attached hydrogens (tertiary/aromatic N) is 3. The summed E-state index contributed by atoms with van der Waals surface area (Å²) in [6.45, 7) is 3.95. The molecule has 1 N–H and O–H groups in total. The zero-order valence-electron chi connectivity index (χ0n) is 18.9. The van der Waals surface area contributed by atoms with Crippen molar-refractivity contribution < 1.29 is 9.53 Å². The molecule has 33 heavy (non-hydrogen) atoms. The summed E-state index contributed by atoms with van der Waals surface area (Å²) in [7, 11) is 0. The van der Waals surface area contributed by atoms with Crippen molar-refractivity contribution in [1.29, 1.82) is 0 Å². The van der Waals surface area contributed by atoms with Gasteiger partial charge in [0.05, 0.1) is 6.04 Å². The van der Waals surface area contributed by atoms with Crippen molar-refractivity contribution >= 4 is 6.09 Å². The summed E-state index contributed by atoms with van der Waals surface area (Å²) >= 11 is 0. The van der Waals surface area contributed by atoms with Crippen LogP contribution in [-0.2, 0) is 4.74 Å². The molecule has 0 radical (unpaired) electrons. The van der Waals surface area contributed by atoms with Crippen molar-refractivity contribution in [2.24, 2.45) is 0 Å². The molecule has 1 saturated heterocycles. The van der Waals surface area contributed by atoms with E-state index in [1.165, 1.54) is 0 Å². The first-order chi connectivity index (χ1) is 15.9. The molecule has 0 bridgehead atoms. The van der Waals surface area contributed by atoms with Crippen molar-refractivity contribution in [2.45, 2.75) is 63.1 Å². The van der Waals surface area contributed by atoms with Gasteiger partial charge in [0.15, 0.2) is 5.82 Å². The Morgan fingerprint density at radius 3 is 2.39 bits per heavy atom. The second-order valence-corrected chi connectivity index (χ2v) is 9.44. The number of H-pyrrole nitrogens is 1. The van der Waals surface area contributed by atoms with Gasteiger partial charge in [-0.1, -0.05) is 30.3 Å². The molecule has 1 atom stereocenters. The van der Waals surface area contributed by atoms with Crippen molar-refractivity contribution in [3.63, 3.8) is 0 Å². The van der Waals surface area contributed by atoms with Crippen LogP contribution in [0.5, 0.6) is 0 Å². The van der Waals surface area contributed by atoms with Gasteiger partial charge in [-0.05, 0) is 63.1 Å². The number of hydrogen-bond acceptors (Lipinski definition) is 5. The Morgan fingerprint density at radius 2 is 1.70 bits per heavy atom. The maximum absolute atomic E-state index is 12.9. The van der Waals surface area contributed by atoms with Gasteiger partial charge in [-0.2, -0.15) is 0 Å². The molecule has 170 valence electrons. The number of benzene rings is 1. The molecule has 2 fully saturated rings. The summed E-state index contributed by atoms with van der Waals surface area (Å²) in [6.07, 6.45) is 8.11. The summed E-state index contributed by atoms with van der Waals surface area (Å²) < 4.78 is 5.79. The van der Waals surface area contributed by atoms with Crippen LogP contribution >= 0.6 is 0 Å². The van der Waals surface area contributed by atoms with Crippen molar-refractivity contribution in [3.8, 4) is 11.4 Å². The molecule has 1 aliphatic heterocycles. The first-order valence-corrected chi connectivity index (χ1v) is 11.5. The minimum Gasteiger partial charge on any atom is -0.441 e. The lowest BCUT2D eigenvalue weighted by Crippen LogP contribution is -2.42. The number of carbonyl (C=O) groups excluding carboxylic acids is 1. The van der Waals surface area contributed by atoms with Gasteiger partial charge in [-0.15, -0.1) is 0 Å². The fraction of sp³-hybridized carbons (Fsp3) is 0.385. The van der Waals surface area contributed by atoms with Crippen LogP contribution in [0.15, 0.2) is 65.8 Å². The molecule has 1 aliphatic carbocycles. The molecule has 0 unspecified atom stereocenters. The molecular weight excluding hydrogens is 416 g/mol. The topological polar surface area (TPSA) is 88.2 Å². The van der Waals surface area contributed by atoms with Gasteiger partial charge in [0.2, 0.25) is 0 Å². The minimum atomic E-state index is -0.601. The monoisotopic (exact) mass is 444 g/mol. The fourth-order valence-corrected chi connectivity index (χ4v) is 5.38. The Bertz CT molecular complexity index is 1180. The number of amides is 1. The number of carbonyl (C=O) groups is 1. The predicted octanol–water partition coefficient (Wildman–Crippen LogP) is 4.83. The summed E-state index contributed by atoms with van der Waals surface area (Å²) in [5.41, 5.74) is 1.99. The lowest BCUT2D eigenvalue weighted by atomic mass is 9.80. The normalized spacial score (nSPS) is 24.5. The number of hydrogen-bond donors (Lipinski definition) is 1. The van der Waals surface area contributed by atoms with Crippen molar-refractivity contribution in [2.75, 3.05) is 0 Å². The molecular formula is C26H28N4O3. The number of aromatic nitrogens is 3. The average Bonchev–Trinajstić information content (AvgIpc) is 3.08. The Balaban J connectivity index is 1.36. The van der Waals surface area contributed by atoms with Crippen molar-refractivity contribution in [1.82, 2.24) is 19.9 Å². The lowest BCUT2D eigenvalue weighted by Gasteiger charge is -2.38. The van der Waals surface area contributed by atoms with E-state index in [4.69, 9.17) is 4.74 Å². The smallest absolute Gasteiger partial charge is 0.411 e. The predicted molar refractivity (Wildman–Crippen MR) is 125 cm³/mol. The van der Waals surface area contributed by atoms with E-state index < -0.39 is 5.60 Å². The van der Waals surface area contributed by atoms with Gasteiger partial charge in [0.1, 0.15) is 5.60 Å². The van der Waals surface area contributed by atoms with Crippen LogP contribution in [0.1, 0.15) is 62.6 Å². The highest BCUT2D eigenvalue weighted by atomic mass is 16.6. The van der Waals surface area contributed by atoms with E-state index in [1.807, 2.05) is 43.0 Å². The molecule has 2 aliphatic rings. The van der Waals surface area contributed by atoms with Gasteiger partial charge in [-0.3, -0.25) is 9.69 Å². The molecule has 1 amide bonds. The Labute approximate surface area is 192 Å².